The van der Waals surface area contributed by atoms with E-state index in [1.165, 1.54) is 17.8 Å². The minimum Gasteiger partial charge on any atom is -0.271 e. The molecule has 0 radical (unpaired) electrons. The number of nitrogens with one attached hydrogen (secondary N) is 1. The third kappa shape index (κ3) is 1.83. The van der Waals surface area contributed by atoms with Gasteiger partial charge in [-0.05, 0) is 18.8 Å². The molecule has 1 aromatic heterocycles. The molecule has 0 amide bonds. The lowest BCUT2D eigenvalue weighted by molar-refractivity contribution is 0.472. The SMILES string of the molecule is NNC(Cc1nccs1)C1CC1. The van der Waals surface area contributed by atoms with E-state index in [2.05, 4.69) is 10.4 Å². The third-order valence-electron chi connectivity index (χ3n) is 2.28. The molecule has 0 spiro atoms. The van der Waals surface area contributed by atoms with Gasteiger partial charge in [-0.2, -0.15) is 0 Å². The number of thiazole rings is 1. The van der Waals surface area contributed by atoms with E-state index in [4.69, 9.17) is 5.84 Å². The molecule has 3 nitrogen and oxygen atoms in total. The van der Waals surface area contributed by atoms with E-state index in [0.717, 1.165) is 12.3 Å². The summed E-state index contributed by atoms with van der Waals surface area (Å²) in [4.78, 5) is 4.24. The molecule has 1 unspecified atom stereocenters. The van der Waals surface area contributed by atoms with Crippen LogP contribution in [0.1, 0.15) is 17.8 Å². The summed E-state index contributed by atoms with van der Waals surface area (Å²) in [5.41, 5.74) is 2.87. The van der Waals surface area contributed by atoms with Crippen LogP contribution in [0, 0.1) is 5.92 Å². The summed E-state index contributed by atoms with van der Waals surface area (Å²) >= 11 is 1.71. The number of aromatic nitrogens is 1. The van der Waals surface area contributed by atoms with Crippen LogP contribution < -0.4 is 11.3 Å². The summed E-state index contributed by atoms with van der Waals surface area (Å²) in [5.74, 6) is 6.25. The fourth-order valence-electron chi connectivity index (χ4n) is 1.40. The van der Waals surface area contributed by atoms with Crippen LogP contribution >= 0.6 is 11.3 Å². The molecule has 1 aliphatic carbocycles. The first-order valence-electron chi connectivity index (χ1n) is 4.24. The van der Waals surface area contributed by atoms with Crippen LogP contribution in [0.4, 0.5) is 0 Å². The van der Waals surface area contributed by atoms with E-state index in [1.807, 2.05) is 11.6 Å². The predicted molar refractivity (Wildman–Crippen MR) is 49.7 cm³/mol. The van der Waals surface area contributed by atoms with Crippen molar-refractivity contribution in [3.63, 3.8) is 0 Å². The molecule has 0 aromatic carbocycles. The van der Waals surface area contributed by atoms with Gasteiger partial charge in [0.25, 0.3) is 0 Å². The number of nitrogens with zero attached hydrogens (tertiary/aromatic N) is 1. The Labute approximate surface area is 76.0 Å². The van der Waals surface area contributed by atoms with Crippen molar-refractivity contribution >= 4 is 11.3 Å². The lowest BCUT2D eigenvalue weighted by atomic mass is 10.1. The molecule has 12 heavy (non-hydrogen) atoms. The van der Waals surface area contributed by atoms with Crippen molar-refractivity contribution in [3.8, 4) is 0 Å². The van der Waals surface area contributed by atoms with Crippen LogP contribution in [0.3, 0.4) is 0 Å². The molecule has 1 fully saturated rings. The number of nitrogens with two attached hydrogens (primary N) is 1. The van der Waals surface area contributed by atoms with Gasteiger partial charge in [-0.25, -0.2) is 4.98 Å². The van der Waals surface area contributed by atoms with Gasteiger partial charge in [0, 0.05) is 24.0 Å². The zero-order chi connectivity index (χ0) is 8.39. The van der Waals surface area contributed by atoms with Crippen molar-refractivity contribution in [1.29, 1.82) is 0 Å². The Bertz CT molecular complexity index is 230. The largest absolute Gasteiger partial charge is 0.271 e. The van der Waals surface area contributed by atoms with Crippen LogP contribution in [0.25, 0.3) is 0 Å². The first-order chi connectivity index (χ1) is 5.90. The molecule has 66 valence electrons. The highest BCUT2D eigenvalue weighted by Gasteiger charge is 2.30. The summed E-state index contributed by atoms with van der Waals surface area (Å²) in [7, 11) is 0. The van der Waals surface area contributed by atoms with E-state index in [-0.39, 0.29) is 0 Å². The number of hydrogen-bond acceptors (Lipinski definition) is 4. The molecule has 1 aliphatic rings. The molecule has 0 bridgehead atoms. The van der Waals surface area contributed by atoms with E-state index in [0.29, 0.717) is 6.04 Å². The Morgan fingerprint density at radius 2 is 2.58 bits per heavy atom. The zero-order valence-electron chi connectivity index (χ0n) is 6.86. The summed E-state index contributed by atoms with van der Waals surface area (Å²) in [6, 6.07) is 0.441. The van der Waals surface area contributed by atoms with Crippen molar-refractivity contribution in [1.82, 2.24) is 10.4 Å². The van der Waals surface area contributed by atoms with Gasteiger partial charge in [-0.15, -0.1) is 11.3 Å². The van der Waals surface area contributed by atoms with E-state index >= 15 is 0 Å². The second-order valence-electron chi connectivity index (χ2n) is 3.24. The number of rotatable bonds is 4. The van der Waals surface area contributed by atoms with E-state index < -0.39 is 0 Å². The van der Waals surface area contributed by atoms with E-state index in [9.17, 15) is 0 Å². The fraction of sp³-hybridized carbons (Fsp3) is 0.625. The topological polar surface area (TPSA) is 50.9 Å². The predicted octanol–water partition coefficient (Wildman–Crippen LogP) is 0.927. The summed E-state index contributed by atoms with van der Waals surface area (Å²) in [6.45, 7) is 0. The smallest absolute Gasteiger partial charge is 0.0940 e. The fourth-order valence-corrected chi connectivity index (χ4v) is 2.08. The molecular formula is C8H13N3S. The summed E-state index contributed by atoms with van der Waals surface area (Å²) in [5, 5.41) is 3.19. The van der Waals surface area contributed by atoms with Crippen LogP contribution in [-0.2, 0) is 6.42 Å². The van der Waals surface area contributed by atoms with Gasteiger partial charge in [-0.1, -0.05) is 0 Å². The molecule has 1 atom stereocenters. The van der Waals surface area contributed by atoms with Gasteiger partial charge in [-0.3, -0.25) is 11.3 Å². The molecule has 1 saturated carbocycles. The van der Waals surface area contributed by atoms with Gasteiger partial charge in [0.2, 0.25) is 0 Å². The first-order valence-corrected chi connectivity index (χ1v) is 5.12. The van der Waals surface area contributed by atoms with E-state index in [1.54, 1.807) is 11.3 Å². The third-order valence-corrected chi connectivity index (χ3v) is 3.09. The minimum atomic E-state index is 0.441. The van der Waals surface area contributed by atoms with Gasteiger partial charge < -0.3 is 0 Å². The van der Waals surface area contributed by atoms with Crippen molar-refractivity contribution in [2.45, 2.75) is 25.3 Å². The minimum absolute atomic E-state index is 0.441. The average Bonchev–Trinajstić information content (AvgIpc) is 2.80. The van der Waals surface area contributed by atoms with Gasteiger partial charge in [0.05, 0.1) is 5.01 Å². The Morgan fingerprint density at radius 1 is 1.75 bits per heavy atom. The Kier molecular flexibility index (Phi) is 2.39. The standard InChI is InChI=1S/C8H13N3S/c9-11-7(6-1-2-6)5-8-10-3-4-12-8/h3-4,6-7,11H,1-2,5,9H2. The first kappa shape index (κ1) is 8.16. The second-order valence-corrected chi connectivity index (χ2v) is 4.22. The number of hydrogen-bond donors (Lipinski definition) is 2. The molecule has 1 aromatic rings. The highest BCUT2D eigenvalue weighted by Crippen LogP contribution is 2.33. The molecule has 3 N–H and O–H groups in total. The Hall–Kier alpha value is -0.450. The van der Waals surface area contributed by atoms with Crippen molar-refractivity contribution in [3.05, 3.63) is 16.6 Å². The van der Waals surface area contributed by atoms with Gasteiger partial charge in [0.1, 0.15) is 0 Å². The molecule has 4 heteroatoms. The average molecular weight is 183 g/mol. The van der Waals surface area contributed by atoms with Gasteiger partial charge in [0.15, 0.2) is 0 Å². The molecule has 1 heterocycles. The van der Waals surface area contributed by atoms with Crippen molar-refractivity contribution in [2.75, 3.05) is 0 Å². The Balaban J connectivity index is 1.91. The van der Waals surface area contributed by atoms with Gasteiger partial charge >= 0.3 is 0 Å². The quantitative estimate of drug-likeness (QED) is 0.539. The second kappa shape index (κ2) is 3.51. The van der Waals surface area contributed by atoms with Crippen LogP contribution in [0.2, 0.25) is 0 Å². The van der Waals surface area contributed by atoms with Crippen molar-refractivity contribution in [2.24, 2.45) is 11.8 Å². The summed E-state index contributed by atoms with van der Waals surface area (Å²) in [6.07, 6.45) is 5.47. The zero-order valence-corrected chi connectivity index (χ0v) is 7.68. The highest BCUT2D eigenvalue weighted by atomic mass is 32.1. The van der Waals surface area contributed by atoms with Crippen molar-refractivity contribution < 1.29 is 0 Å². The van der Waals surface area contributed by atoms with Crippen LogP contribution in [0.15, 0.2) is 11.6 Å². The maximum Gasteiger partial charge on any atom is 0.0940 e. The normalized spacial score (nSPS) is 19.4. The monoisotopic (exact) mass is 183 g/mol. The lowest BCUT2D eigenvalue weighted by Gasteiger charge is -2.12. The summed E-state index contributed by atoms with van der Waals surface area (Å²) < 4.78 is 0. The molecule has 0 aliphatic heterocycles. The maximum absolute atomic E-state index is 5.46. The molecule has 2 rings (SSSR count). The lowest BCUT2D eigenvalue weighted by Crippen LogP contribution is -2.38. The molecule has 0 saturated heterocycles. The molecular weight excluding hydrogens is 170 g/mol. The highest BCUT2D eigenvalue weighted by molar-refractivity contribution is 7.09. The van der Waals surface area contributed by atoms with Crippen LogP contribution in [0.5, 0.6) is 0 Å². The van der Waals surface area contributed by atoms with Crippen LogP contribution in [-0.4, -0.2) is 11.0 Å². The maximum atomic E-state index is 5.46. The Morgan fingerprint density at radius 3 is 3.08 bits per heavy atom. The number of hydrazine groups is 1.